The maximum atomic E-state index is 12.9. The Bertz CT molecular complexity index is 969. The molecule has 0 spiro atoms. The number of anilines is 1. The number of aromatic nitrogens is 2. The third-order valence-corrected chi connectivity index (χ3v) is 7.58. The molecule has 2 heterocycles. The Labute approximate surface area is 176 Å². The molecule has 1 aliphatic heterocycles. The van der Waals surface area contributed by atoms with Gasteiger partial charge in [0, 0.05) is 24.5 Å². The zero-order valence-corrected chi connectivity index (χ0v) is 18.5. The molecular formula is C20H26N4O3S2. The van der Waals surface area contributed by atoms with E-state index in [1.807, 2.05) is 19.9 Å². The lowest BCUT2D eigenvalue weighted by Gasteiger charge is -2.26. The number of piperidine rings is 1. The molecule has 0 saturated carbocycles. The van der Waals surface area contributed by atoms with E-state index in [9.17, 15) is 13.2 Å². The lowest BCUT2D eigenvalue weighted by molar-refractivity contribution is -0.115. The number of aryl methyl sites for hydroxylation is 2. The van der Waals surface area contributed by atoms with Gasteiger partial charge in [-0.1, -0.05) is 24.2 Å². The fraction of sp³-hybridized carbons (Fsp3) is 0.450. The van der Waals surface area contributed by atoms with Crippen LogP contribution in [-0.4, -0.2) is 46.9 Å². The van der Waals surface area contributed by atoms with Crippen LogP contribution < -0.4 is 5.32 Å². The first-order valence-corrected chi connectivity index (χ1v) is 12.0. The van der Waals surface area contributed by atoms with E-state index in [1.165, 1.54) is 22.1 Å². The third kappa shape index (κ3) is 5.55. The third-order valence-electron chi connectivity index (χ3n) is 4.66. The Morgan fingerprint density at radius 1 is 1.14 bits per heavy atom. The van der Waals surface area contributed by atoms with E-state index in [2.05, 4.69) is 15.3 Å². The highest BCUT2D eigenvalue weighted by Gasteiger charge is 2.26. The van der Waals surface area contributed by atoms with Crippen LogP contribution in [0.25, 0.3) is 0 Å². The Hall–Kier alpha value is -1.97. The van der Waals surface area contributed by atoms with Crippen molar-refractivity contribution in [1.29, 1.82) is 0 Å². The fourth-order valence-electron chi connectivity index (χ4n) is 3.21. The van der Waals surface area contributed by atoms with Gasteiger partial charge in [-0.3, -0.25) is 4.79 Å². The van der Waals surface area contributed by atoms with Crippen LogP contribution in [0.5, 0.6) is 0 Å². The molecule has 1 fully saturated rings. The highest BCUT2D eigenvalue weighted by molar-refractivity contribution is 8.00. The smallest absolute Gasteiger partial charge is 0.243 e. The molecule has 156 valence electrons. The largest absolute Gasteiger partial charge is 0.325 e. The van der Waals surface area contributed by atoms with Crippen LogP contribution >= 0.6 is 11.8 Å². The van der Waals surface area contributed by atoms with Crippen LogP contribution in [0, 0.1) is 13.8 Å². The number of nitrogens with one attached hydrogen (secondary N) is 1. The zero-order chi connectivity index (χ0) is 21.0. The second kappa shape index (κ2) is 9.23. The maximum Gasteiger partial charge on any atom is 0.243 e. The normalized spacial score (nSPS) is 16.4. The van der Waals surface area contributed by atoms with Crippen LogP contribution in [0.15, 0.2) is 40.3 Å². The second-order valence-corrected chi connectivity index (χ2v) is 10.4. The van der Waals surface area contributed by atoms with Gasteiger partial charge in [-0.05, 0) is 57.9 Å². The Morgan fingerprint density at radius 2 is 1.86 bits per heavy atom. The number of carbonyl (C=O) groups excluding carboxylic acids is 1. The van der Waals surface area contributed by atoms with E-state index < -0.39 is 15.3 Å². The predicted octanol–water partition coefficient (Wildman–Crippen LogP) is 3.39. The summed E-state index contributed by atoms with van der Waals surface area (Å²) in [7, 11) is -3.54. The lowest BCUT2D eigenvalue weighted by atomic mass is 10.2. The number of hydrogen-bond donors (Lipinski definition) is 1. The monoisotopic (exact) mass is 434 g/mol. The summed E-state index contributed by atoms with van der Waals surface area (Å²) >= 11 is 1.34. The molecule has 1 aliphatic rings. The number of hydrogen-bond acceptors (Lipinski definition) is 6. The Balaban J connectivity index is 1.69. The van der Waals surface area contributed by atoms with E-state index in [0.717, 1.165) is 30.0 Å². The number of thioether (sulfide) groups is 1. The highest BCUT2D eigenvalue weighted by atomic mass is 32.2. The molecule has 0 bridgehead atoms. The average molecular weight is 435 g/mol. The van der Waals surface area contributed by atoms with Crippen LogP contribution in [0.2, 0.25) is 0 Å². The van der Waals surface area contributed by atoms with Crippen molar-refractivity contribution in [3.63, 3.8) is 0 Å². The van der Waals surface area contributed by atoms with Gasteiger partial charge in [-0.25, -0.2) is 18.4 Å². The first-order valence-electron chi connectivity index (χ1n) is 9.66. The molecule has 0 aliphatic carbocycles. The summed E-state index contributed by atoms with van der Waals surface area (Å²) in [6.45, 7) is 6.59. The van der Waals surface area contributed by atoms with Crippen LogP contribution in [-0.2, 0) is 14.8 Å². The summed E-state index contributed by atoms with van der Waals surface area (Å²) in [6.07, 6.45) is 2.82. The number of nitrogens with zero attached hydrogens (tertiary/aromatic N) is 3. The molecule has 1 amide bonds. The van der Waals surface area contributed by atoms with E-state index in [1.54, 1.807) is 25.1 Å². The van der Waals surface area contributed by atoms with Crippen molar-refractivity contribution >= 4 is 33.4 Å². The molecule has 3 rings (SSSR count). The average Bonchev–Trinajstić information content (AvgIpc) is 2.68. The van der Waals surface area contributed by atoms with Gasteiger partial charge < -0.3 is 5.32 Å². The SMILES string of the molecule is Cc1cc(SC(C)C(=O)Nc2cccc(S(=O)(=O)N3CCCCC3)c2)nc(C)n1. The molecule has 9 heteroatoms. The second-order valence-electron chi connectivity index (χ2n) is 7.14. The first kappa shape index (κ1) is 21.7. The standard InChI is InChI=1S/C20H26N4O3S2/c1-14-12-19(22-16(3)21-14)28-15(2)20(25)23-17-8-7-9-18(13-17)29(26,27)24-10-5-4-6-11-24/h7-9,12-13,15H,4-6,10-11H2,1-3H3,(H,23,25). The van der Waals surface area contributed by atoms with Gasteiger partial charge in [-0.15, -0.1) is 0 Å². The number of rotatable bonds is 6. The van der Waals surface area contributed by atoms with Gasteiger partial charge in [0.25, 0.3) is 0 Å². The summed E-state index contributed by atoms with van der Waals surface area (Å²) < 4.78 is 27.2. The van der Waals surface area contributed by atoms with Crippen LogP contribution in [0.4, 0.5) is 5.69 Å². The molecular weight excluding hydrogens is 408 g/mol. The number of amides is 1. The minimum Gasteiger partial charge on any atom is -0.325 e. The molecule has 1 saturated heterocycles. The van der Waals surface area contributed by atoms with Gasteiger partial charge in [0.15, 0.2) is 0 Å². The van der Waals surface area contributed by atoms with Gasteiger partial charge in [0.1, 0.15) is 10.9 Å². The minimum absolute atomic E-state index is 0.208. The fourth-order valence-corrected chi connectivity index (χ4v) is 5.73. The summed E-state index contributed by atoms with van der Waals surface area (Å²) in [5.74, 6) is 0.451. The summed E-state index contributed by atoms with van der Waals surface area (Å²) in [6, 6.07) is 8.29. The zero-order valence-electron chi connectivity index (χ0n) is 16.9. The maximum absolute atomic E-state index is 12.9. The summed E-state index contributed by atoms with van der Waals surface area (Å²) in [5.41, 5.74) is 1.32. The number of sulfonamides is 1. The molecule has 1 unspecified atom stereocenters. The molecule has 1 aromatic heterocycles. The highest BCUT2D eigenvalue weighted by Crippen LogP contribution is 2.25. The number of benzene rings is 1. The molecule has 1 atom stereocenters. The Morgan fingerprint density at radius 3 is 2.55 bits per heavy atom. The van der Waals surface area contributed by atoms with Crippen molar-refractivity contribution < 1.29 is 13.2 Å². The molecule has 2 aromatic rings. The van der Waals surface area contributed by atoms with E-state index >= 15 is 0 Å². The lowest BCUT2D eigenvalue weighted by Crippen LogP contribution is -2.35. The molecule has 0 radical (unpaired) electrons. The quantitative estimate of drug-likeness (QED) is 0.553. The van der Waals surface area contributed by atoms with Gasteiger partial charge in [-0.2, -0.15) is 4.31 Å². The predicted molar refractivity (Wildman–Crippen MR) is 115 cm³/mol. The van der Waals surface area contributed by atoms with Crippen molar-refractivity contribution in [2.45, 2.75) is 55.2 Å². The van der Waals surface area contributed by atoms with Gasteiger partial charge in [0.2, 0.25) is 15.9 Å². The van der Waals surface area contributed by atoms with E-state index in [-0.39, 0.29) is 10.8 Å². The molecule has 7 nitrogen and oxygen atoms in total. The van der Waals surface area contributed by atoms with Crippen molar-refractivity contribution in [1.82, 2.24) is 14.3 Å². The Kier molecular flexibility index (Phi) is 6.92. The first-order chi connectivity index (χ1) is 13.8. The van der Waals surface area contributed by atoms with E-state index in [0.29, 0.717) is 24.6 Å². The van der Waals surface area contributed by atoms with Crippen LogP contribution in [0.1, 0.15) is 37.7 Å². The summed E-state index contributed by atoms with van der Waals surface area (Å²) in [4.78, 5) is 21.4. The van der Waals surface area contributed by atoms with E-state index in [4.69, 9.17) is 0 Å². The topological polar surface area (TPSA) is 92.3 Å². The molecule has 1 aromatic carbocycles. The van der Waals surface area contributed by atoms with Crippen molar-refractivity contribution in [2.24, 2.45) is 0 Å². The number of carbonyl (C=O) groups is 1. The van der Waals surface area contributed by atoms with Gasteiger partial charge >= 0.3 is 0 Å². The van der Waals surface area contributed by atoms with Crippen LogP contribution in [0.3, 0.4) is 0 Å². The molecule has 29 heavy (non-hydrogen) atoms. The summed E-state index contributed by atoms with van der Waals surface area (Å²) in [5, 5.41) is 3.16. The van der Waals surface area contributed by atoms with Crippen molar-refractivity contribution in [3.05, 3.63) is 41.9 Å². The minimum atomic E-state index is -3.54. The van der Waals surface area contributed by atoms with Crippen molar-refractivity contribution in [2.75, 3.05) is 18.4 Å². The van der Waals surface area contributed by atoms with Gasteiger partial charge in [0.05, 0.1) is 10.1 Å². The molecule has 1 N–H and O–H groups in total. The van der Waals surface area contributed by atoms with Crippen molar-refractivity contribution in [3.8, 4) is 0 Å².